The van der Waals surface area contributed by atoms with Crippen LogP contribution in [0.2, 0.25) is 0 Å². The quantitative estimate of drug-likeness (QED) is 0.590. The van der Waals surface area contributed by atoms with Crippen LogP contribution in [0.4, 0.5) is 10.1 Å². The van der Waals surface area contributed by atoms with Gasteiger partial charge in [0.25, 0.3) is 11.8 Å². The van der Waals surface area contributed by atoms with E-state index < -0.39 is 0 Å². The molecule has 4 aromatic rings. The molecule has 0 saturated carbocycles. The van der Waals surface area contributed by atoms with Gasteiger partial charge in [-0.15, -0.1) is 0 Å². The smallest absolute Gasteiger partial charge is 0.258 e. The van der Waals surface area contributed by atoms with Crippen LogP contribution in [-0.4, -0.2) is 21.0 Å². The number of rotatable bonds is 4. The number of nitrogens with one attached hydrogen (secondary N) is 1. The molecular formula is C20H13FN4O2. The molecule has 1 N–H and O–H groups in total. The number of hydrogen-bond acceptors (Lipinski definition) is 5. The molecular weight excluding hydrogens is 347 g/mol. The third-order valence-corrected chi connectivity index (χ3v) is 3.84. The predicted molar refractivity (Wildman–Crippen MR) is 97.3 cm³/mol. The highest BCUT2D eigenvalue weighted by atomic mass is 19.1. The van der Waals surface area contributed by atoms with E-state index in [4.69, 9.17) is 4.52 Å². The minimum absolute atomic E-state index is 0.242. The number of hydrogen-bond donors (Lipinski definition) is 1. The van der Waals surface area contributed by atoms with Crippen LogP contribution in [0.3, 0.4) is 0 Å². The van der Waals surface area contributed by atoms with Crippen molar-refractivity contribution in [2.75, 3.05) is 5.32 Å². The van der Waals surface area contributed by atoms with Crippen molar-refractivity contribution in [2.45, 2.75) is 0 Å². The molecule has 7 heteroatoms. The fourth-order valence-electron chi connectivity index (χ4n) is 2.45. The maximum absolute atomic E-state index is 13.0. The van der Waals surface area contributed by atoms with Crippen LogP contribution >= 0.6 is 0 Å². The molecule has 0 aliphatic heterocycles. The van der Waals surface area contributed by atoms with Crippen LogP contribution < -0.4 is 5.32 Å². The Balaban J connectivity index is 1.49. The lowest BCUT2D eigenvalue weighted by molar-refractivity contribution is 0.102. The highest BCUT2D eigenvalue weighted by molar-refractivity contribution is 6.04. The van der Waals surface area contributed by atoms with Gasteiger partial charge in [-0.05, 0) is 60.7 Å². The van der Waals surface area contributed by atoms with Crippen molar-refractivity contribution in [3.8, 4) is 22.8 Å². The molecule has 2 aromatic carbocycles. The monoisotopic (exact) mass is 360 g/mol. The molecule has 2 heterocycles. The fraction of sp³-hybridized carbons (Fsp3) is 0. The SMILES string of the molecule is O=C(Nc1ccc(-c2noc(-c3ccc(F)cc3)n2)cc1)c1cccnc1. The summed E-state index contributed by atoms with van der Waals surface area (Å²) in [6.07, 6.45) is 3.11. The van der Waals surface area contributed by atoms with Gasteiger partial charge >= 0.3 is 0 Å². The summed E-state index contributed by atoms with van der Waals surface area (Å²) in [7, 11) is 0. The van der Waals surface area contributed by atoms with Crippen molar-refractivity contribution in [3.63, 3.8) is 0 Å². The van der Waals surface area contributed by atoms with Gasteiger partial charge in [0.1, 0.15) is 5.82 Å². The van der Waals surface area contributed by atoms with Gasteiger partial charge in [0.15, 0.2) is 0 Å². The Bertz CT molecular complexity index is 1060. The molecule has 0 saturated heterocycles. The summed E-state index contributed by atoms with van der Waals surface area (Å²) in [5.74, 6) is 0.134. The van der Waals surface area contributed by atoms with Gasteiger partial charge in [0.2, 0.25) is 5.82 Å². The molecule has 0 atom stereocenters. The Morgan fingerprint density at radius 1 is 0.963 bits per heavy atom. The molecule has 6 nitrogen and oxygen atoms in total. The number of amides is 1. The third-order valence-electron chi connectivity index (χ3n) is 3.84. The Morgan fingerprint density at radius 2 is 1.70 bits per heavy atom. The van der Waals surface area contributed by atoms with Crippen molar-refractivity contribution in [2.24, 2.45) is 0 Å². The molecule has 0 spiro atoms. The summed E-state index contributed by atoms with van der Waals surface area (Å²) in [6, 6.07) is 16.2. The van der Waals surface area contributed by atoms with Crippen molar-refractivity contribution in [1.29, 1.82) is 0 Å². The number of carbonyl (C=O) groups excluding carboxylic acids is 1. The summed E-state index contributed by atoms with van der Waals surface area (Å²) in [4.78, 5) is 20.4. The standard InChI is InChI=1S/C20H13FN4O2/c21-16-7-3-14(4-8-16)20-24-18(25-27-20)13-5-9-17(10-6-13)23-19(26)15-2-1-11-22-12-15/h1-12H,(H,23,26). The second-order valence-corrected chi connectivity index (χ2v) is 5.70. The maximum Gasteiger partial charge on any atom is 0.258 e. The minimum Gasteiger partial charge on any atom is -0.334 e. The van der Waals surface area contributed by atoms with E-state index in [1.54, 1.807) is 54.7 Å². The average molecular weight is 360 g/mol. The van der Waals surface area contributed by atoms with Gasteiger partial charge in [-0.2, -0.15) is 4.98 Å². The molecule has 0 radical (unpaired) electrons. The number of carbonyl (C=O) groups is 1. The van der Waals surface area contributed by atoms with Gasteiger partial charge in [-0.3, -0.25) is 9.78 Å². The summed E-state index contributed by atoms with van der Waals surface area (Å²) in [5, 5.41) is 6.74. The molecule has 0 aliphatic rings. The zero-order valence-corrected chi connectivity index (χ0v) is 14.0. The molecule has 0 unspecified atom stereocenters. The summed E-state index contributed by atoms with van der Waals surface area (Å²) < 4.78 is 18.2. The van der Waals surface area contributed by atoms with E-state index >= 15 is 0 Å². The van der Waals surface area contributed by atoms with Gasteiger partial charge in [-0.1, -0.05) is 5.16 Å². The highest BCUT2D eigenvalue weighted by Crippen LogP contribution is 2.23. The first-order valence-corrected chi connectivity index (χ1v) is 8.10. The fourth-order valence-corrected chi connectivity index (χ4v) is 2.45. The molecule has 2 aromatic heterocycles. The van der Waals surface area contributed by atoms with Crippen molar-refractivity contribution >= 4 is 11.6 Å². The molecule has 132 valence electrons. The van der Waals surface area contributed by atoms with Gasteiger partial charge in [0.05, 0.1) is 5.56 Å². The molecule has 0 bridgehead atoms. The second-order valence-electron chi connectivity index (χ2n) is 5.70. The average Bonchev–Trinajstić information content (AvgIpc) is 3.20. The zero-order valence-electron chi connectivity index (χ0n) is 14.0. The number of halogens is 1. The predicted octanol–water partition coefficient (Wildman–Crippen LogP) is 4.19. The van der Waals surface area contributed by atoms with Crippen LogP contribution in [0.5, 0.6) is 0 Å². The lowest BCUT2D eigenvalue weighted by atomic mass is 10.2. The number of aromatic nitrogens is 3. The Kier molecular flexibility index (Phi) is 4.40. The first kappa shape index (κ1) is 16.6. The molecule has 1 amide bonds. The van der Waals surface area contributed by atoms with Gasteiger partial charge < -0.3 is 9.84 Å². The first-order chi connectivity index (χ1) is 13.2. The van der Waals surface area contributed by atoms with Crippen LogP contribution in [0.1, 0.15) is 10.4 Å². The third kappa shape index (κ3) is 3.72. The second kappa shape index (κ2) is 7.17. The maximum atomic E-state index is 13.0. The number of pyridine rings is 1. The Labute approximate surface area is 153 Å². The normalized spacial score (nSPS) is 10.6. The summed E-state index contributed by atoms with van der Waals surface area (Å²) >= 11 is 0. The van der Waals surface area contributed by atoms with E-state index in [9.17, 15) is 9.18 Å². The van der Waals surface area contributed by atoms with Crippen LogP contribution in [-0.2, 0) is 0 Å². The van der Waals surface area contributed by atoms with E-state index in [0.717, 1.165) is 5.56 Å². The molecule has 27 heavy (non-hydrogen) atoms. The highest BCUT2D eigenvalue weighted by Gasteiger charge is 2.11. The van der Waals surface area contributed by atoms with Crippen molar-refractivity contribution < 1.29 is 13.7 Å². The lowest BCUT2D eigenvalue weighted by Gasteiger charge is -2.05. The van der Waals surface area contributed by atoms with E-state index in [1.807, 2.05) is 0 Å². The first-order valence-electron chi connectivity index (χ1n) is 8.10. The number of benzene rings is 2. The van der Waals surface area contributed by atoms with Crippen LogP contribution in [0.25, 0.3) is 22.8 Å². The van der Waals surface area contributed by atoms with E-state index in [0.29, 0.717) is 28.5 Å². The zero-order chi connectivity index (χ0) is 18.6. The van der Waals surface area contributed by atoms with Gasteiger partial charge in [-0.25, -0.2) is 4.39 Å². The van der Waals surface area contributed by atoms with Crippen molar-refractivity contribution in [1.82, 2.24) is 15.1 Å². The topological polar surface area (TPSA) is 80.9 Å². The summed E-state index contributed by atoms with van der Waals surface area (Å²) in [6.45, 7) is 0. The Hall–Kier alpha value is -3.87. The molecule has 0 aliphatic carbocycles. The number of nitrogens with zero attached hydrogens (tertiary/aromatic N) is 3. The number of anilines is 1. The van der Waals surface area contributed by atoms with Crippen LogP contribution in [0.15, 0.2) is 77.6 Å². The largest absolute Gasteiger partial charge is 0.334 e. The van der Waals surface area contributed by atoms with Gasteiger partial charge in [0, 0.05) is 29.2 Å². The summed E-state index contributed by atoms with van der Waals surface area (Å²) in [5.41, 5.74) is 2.47. The Morgan fingerprint density at radius 3 is 2.41 bits per heavy atom. The van der Waals surface area contributed by atoms with E-state index in [2.05, 4.69) is 20.4 Å². The molecule has 4 rings (SSSR count). The molecule has 0 fully saturated rings. The van der Waals surface area contributed by atoms with E-state index in [-0.39, 0.29) is 11.7 Å². The lowest BCUT2D eigenvalue weighted by Crippen LogP contribution is -2.11. The minimum atomic E-state index is -0.331. The van der Waals surface area contributed by atoms with E-state index in [1.165, 1.54) is 18.3 Å². The van der Waals surface area contributed by atoms with Crippen molar-refractivity contribution in [3.05, 3.63) is 84.4 Å². The van der Waals surface area contributed by atoms with Crippen LogP contribution in [0, 0.1) is 5.82 Å².